The predicted octanol–water partition coefficient (Wildman–Crippen LogP) is 1.35. The maximum absolute atomic E-state index is 11.8. The summed E-state index contributed by atoms with van der Waals surface area (Å²) >= 11 is 0. The minimum Gasteiger partial charge on any atom is -0.384 e. The molecular formula is C13H23N3O2S. The Bertz CT molecular complexity index is 486. The fourth-order valence-electron chi connectivity index (χ4n) is 1.73. The van der Waals surface area contributed by atoms with Crippen molar-refractivity contribution in [2.45, 2.75) is 17.7 Å². The molecule has 0 amide bonds. The minimum absolute atomic E-state index is 0.296. The molecule has 2 N–H and O–H groups in total. The fourth-order valence-corrected chi connectivity index (χ4v) is 2.64. The summed E-state index contributed by atoms with van der Waals surface area (Å²) in [6.07, 6.45) is 2.09. The first kappa shape index (κ1) is 15.9. The van der Waals surface area contributed by atoms with Gasteiger partial charge in [-0.05, 0) is 52.7 Å². The topological polar surface area (TPSA) is 61.4 Å². The fraction of sp³-hybridized carbons (Fsp3) is 0.538. The van der Waals surface area contributed by atoms with Gasteiger partial charge < -0.3 is 10.2 Å². The van der Waals surface area contributed by atoms with Crippen molar-refractivity contribution >= 4 is 15.7 Å². The van der Waals surface area contributed by atoms with Gasteiger partial charge in [0.05, 0.1) is 5.69 Å². The van der Waals surface area contributed by atoms with Gasteiger partial charge >= 0.3 is 0 Å². The van der Waals surface area contributed by atoms with Crippen molar-refractivity contribution in [3.63, 3.8) is 0 Å². The lowest BCUT2D eigenvalue weighted by Gasteiger charge is -2.13. The van der Waals surface area contributed by atoms with Crippen LogP contribution in [-0.4, -0.2) is 47.6 Å². The third-order valence-corrected chi connectivity index (χ3v) is 4.27. The number of nitrogens with one attached hydrogen (secondary N) is 2. The molecular weight excluding hydrogens is 262 g/mol. The highest BCUT2D eigenvalue weighted by Gasteiger charge is 2.15. The van der Waals surface area contributed by atoms with Crippen LogP contribution in [0.15, 0.2) is 29.2 Å². The van der Waals surface area contributed by atoms with E-state index in [9.17, 15) is 8.42 Å². The zero-order chi connectivity index (χ0) is 14.3. The lowest BCUT2D eigenvalue weighted by Crippen LogP contribution is -2.20. The van der Waals surface area contributed by atoms with Gasteiger partial charge in [-0.15, -0.1) is 0 Å². The van der Waals surface area contributed by atoms with Crippen LogP contribution in [0.2, 0.25) is 0 Å². The van der Waals surface area contributed by atoms with Crippen LogP contribution in [0.3, 0.4) is 0 Å². The van der Waals surface area contributed by atoms with Gasteiger partial charge in [-0.25, -0.2) is 13.1 Å². The minimum atomic E-state index is -3.41. The van der Waals surface area contributed by atoms with Gasteiger partial charge in [-0.1, -0.05) is 12.1 Å². The zero-order valence-corrected chi connectivity index (χ0v) is 12.6. The molecule has 1 aromatic carbocycles. The molecule has 0 atom stereocenters. The predicted molar refractivity (Wildman–Crippen MR) is 79.0 cm³/mol. The van der Waals surface area contributed by atoms with Crippen molar-refractivity contribution < 1.29 is 8.42 Å². The van der Waals surface area contributed by atoms with Gasteiger partial charge in [0, 0.05) is 6.54 Å². The van der Waals surface area contributed by atoms with Crippen molar-refractivity contribution in [2.75, 3.05) is 39.5 Å². The second-order valence-corrected chi connectivity index (χ2v) is 6.50. The molecule has 0 aliphatic rings. The monoisotopic (exact) mass is 285 g/mol. The summed E-state index contributed by atoms with van der Waals surface area (Å²) in [5.74, 6) is 0. The number of rotatable bonds is 8. The first-order valence-electron chi connectivity index (χ1n) is 6.38. The Morgan fingerprint density at radius 2 is 1.84 bits per heavy atom. The van der Waals surface area contributed by atoms with Crippen LogP contribution in [0.1, 0.15) is 12.8 Å². The van der Waals surface area contributed by atoms with E-state index in [4.69, 9.17) is 0 Å². The highest BCUT2D eigenvalue weighted by molar-refractivity contribution is 7.89. The Morgan fingerprint density at radius 3 is 2.47 bits per heavy atom. The molecule has 0 unspecified atom stereocenters. The van der Waals surface area contributed by atoms with E-state index in [-0.39, 0.29) is 0 Å². The van der Waals surface area contributed by atoms with E-state index in [2.05, 4.69) is 14.9 Å². The van der Waals surface area contributed by atoms with E-state index in [0.717, 1.165) is 25.9 Å². The molecule has 5 nitrogen and oxygen atoms in total. The van der Waals surface area contributed by atoms with E-state index in [1.54, 1.807) is 18.2 Å². The molecule has 1 rings (SSSR count). The summed E-state index contributed by atoms with van der Waals surface area (Å²) in [4.78, 5) is 2.43. The first-order chi connectivity index (χ1) is 8.97. The maximum Gasteiger partial charge on any atom is 0.242 e. The van der Waals surface area contributed by atoms with Crippen LogP contribution < -0.4 is 10.0 Å². The van der Waals surface area contributed by atoms with Crippen LogP contribution >= 0.6 is 0 Å². The van der Waals surface area contributed by atoms with Crippen LogP contribution in [0, 0.1) is 0 Å². The second kappa shape index (κ2) is 7.47. The number of benzene rings is 1. The largest absolute Gasteiger partial charge is 0.384 e. The SMILES string of the molecule is CNS(=O)(=O)c1ccccc1NCCCCN(C)C. The lowest BCUT2D eigenvalue weighted by atomic mass is 10.2. The third-order valence-electron chi connectivity index (χ3n) is 2.79. The van der Waals surface area contributed by atoms with Gasteiger partial charge in [0.1, 0.15) is 4.90 Å². The molecule has 0 saturated carbocycles. The Morgan fingerprint density at radius 1 is 1.16 bits per heavy atom. The third kappa shape index (κ3) is 5.18. The van der Waals surface area contributed by atoms with Crippen LogP contribution in [0.25, 0.3) is 0 Å². The number of sulfonamides is 1. The summed E-state index contributed by atoms with van der Waals surface area (Å²) in [7, 11) is 2.10. The molecule has 0 radical (unpaired) electrons. The number of anilines is 1. The molecule has 0 bridgehead atoms. The average molecular weight is 285 g/mol. The van der Waals surface area contributed by atoms with E-state index in [1.807, 2.05) is 20.2 Å². The maximum atomic E-state index is 11.8. The lowest BCUT2D eigenvalue weighted by molar-refractivity contribution is 0.396. The van der Waals surface area contributed by atoms with Crippen LogP contribution in [0.5, 0.6) is 0 Å². The Hall–Kier alpha value is -1.11. The zero-order valence-electron chi connectivity index (χ0n) is 11.8. The summed E-state index contributed by atoms with van der Waals surface area (Å²) in [5.41, 5.74) is 0.654. The van der Waals surface area contributed by atoms with Gasteiger partial charge in [0.25, 0.3) is 0 Å². The molecule has 0 fully saturated rings. The summed E-state index contributed by atoms with van der Waals surface area (Å²) < 4.78 is 26.0. The van der Waals surface area contributed by atoms with Crippen molar-refractivity contribution in [1.82, 2.24) is 9.62 Å². The number of hydrogen-bond donors (Lipinski definition) is 2. The Kier molecular flexibility index (Phi) is 6.27. The van der Waals surface area contributed by atoms with Gasteiger partial charge in [0.15, 0.2) is 0 Å². The Balaban J connectivity index is 2.59. The summed E-state index contributed by atoms with van der Waals surface area (Å²) in [6, 6.07) is 6.95. The standard InChI is InChI=1S/C13H23N3O2S/c1-14-19(17,18)13-9-5-4-8-12(13)15-10-6-7-11-16(2)3/h4-5,8-9,14-15H,6-7,10-11H2,1-3H3. The highest BCUT2D eigenvalue weighted by Crippen LogP contribution is 2.20. The number of hydrogen-bond acceptors (Lipinski definition) is 4. The van der Waals surface area contributed by atoms with Crippen LogP contribution in [0.4, 0.5) is 5.69 Å². The number of para-hydroxylation sites is 1. The van der Waals surface area contributed by atoms with Gasteiger partial charge in [0.2, 0.25) is 10.0 Å². The first-order valence-corrected chi connectivity index (χ1v) is 7.87. The Labute approximate surface area is 116 Å². The molecule has 0 spiro atoms. The molecule has 0 heterocycles. The van der Waals surface area contributed by atoms with E-state index >= 15 is 0 Å². The highest BCUT2D eigenvalue weighted by atomic mass is 32.2. The molecule has 0 aliphatic heterocycles. The molecule has 0 aliphatic carbocycles. The molecule has 108 valence electrons. The smallest absolute Gasteiger partial charge is 0.242 e. The van der Waals surface area contributed by atoms with Gasteiger partial charge in [-0.2, -0.15) is 0 Å². The van der Waals surface area contributed by atoms with Crippen molar-refractivity contribution in [2.24, 2.45) is 0 Å². The molecule has 0 saturated heterocycles. The number of nitrogens with zero attached hydrogens (tertiary/aromatic N) is 1. The normalized spacial score (nSPS) is 11.8. The number of unbranched alkanes of at least 4 members (excludes halogenated alkanes) is 1. The van der Waals surface area contributed by atoms with E-state index in [0.29, 0.717) is 10.6 Å². The molecule has 19 heavy (non-hydrogen) atoms. The summed E-state index contributed by atoms with van der Waals surface area (Å²) in [6.45, 7) is 1.81. The van der Waals surface area contributed by atoms with Gasteiger partial charge in [-0.3, -0.25) is 0 Å². The van der Waals surface area contributed by atoms with E-state index < -0.39 is 10.0 Å². The molecule has 0 aromatic heterocycles. The molecule has 6 heteroatoms. The van der Waals surface area contributed by atoms with Crippen LogP contribution in [-0.2, 0) is 10.0 Å². The average Bonchev–Trinajstić information content (AvgIpc) is 2.38. The van der Waals surface area contributed by atoms with Crippen molar-refractivity contribution in [3.8, 4) is 0 Å². The van der Waals surface area contributed by atoms with Crippen molar-refractivity contribution in [3.05, 3.63) is 24.3 Å². The quantitative estimate of drug-likeness (QED) is 0.708. The second-order valence-electron chi connectivity index (χ2n) is 4.64. The van der Waals surface area contributed by atoms with E-state index in [1.165, 1.54) is 7.05 Å². The molecule has 1 aromatic rings. The van der Waals surface area contributed by atoms with Crippen molar-refractivity contribution in [1.29, 1.82) is 0 Å². The summed E-state index contributed by atoms with van der Waals surface area (Å²) in [5, 5.41) is 3.19.